The summed E-state index contributed by atoms with van der Waals surface area (Å²) in [6.07, 6.45) is 1.78. The molecular weight excluding hydrogens is 320 g/mol. The van der Waals surface area contributed by atoms with E-state index in [0.29, 0.717) is 35.3 Å². The molecular formula is C16H21ClN2O4. The van der Waals surface area contributed by atoms with Gasteiger partial charge in [-0.25, -0.2) is 0 Å². The number of hydrogen-bond acceptors (Lipinski definition) is 5. The van der Waals surface area contributed by atoms with Crippen molar-refractivity contribution in [1.29, 1.82) is 0 Å². The van der Waals surface area contributed by atoms with E-state index in [0.717, 1.165) is 19.3 Å². The molecule has 3 atom stereocenters. The van der Waals surface area contributed by atoms with Crippen LogP contribution in [0.2, 0.25) is 5.02 Å². The van der Waals surface area contributed by atoms with E-state index in [1.165, 1.54) is 0 Å². The van der Waals surface area contributed by atoms with Gasteiger partial charge in [0.25, 0.3) is 0 Å². The molecule has 0 saturated heterocycles. The number of benzene rings is 1. The third kappa shape index (κ3) is 3.54. The molecule has 1 amide bonds. The molecule has 1 saturated carbocycles. The van der Waals surface area contributed by atoms with Crippen molar-refractivity contribution in [2.45, 2.75) is 31.4 Å². The Bertz CT molecular complexity index is 596. The first-order valence-corrected chi connectivity index (χ1v) is 8.24. The predicted octanol–water partition coefficient (Wildman–Crippen LogP) is 1.39. The van der Waals surface area contributed by atoms with Crippen LogP contribution in [-0.4, -0.2) is 36.8 Å². The van der Waals surface area contributed by atoms with Crippen LogP contribution in [-0.2, 0) is 4.79 Å². The van der Waals surface area contributed by atoms with E-state index < -0.39 is 6.10 Å². The minimum atomic E-state index is -0.870. The Morgan fingerprint density at radius 1 is 1.39 bits per heavy atom. The summed E-state index contributed by atoms with van der Waals surface area (Å²) < 4.78 is 10.9. The lowest BCUT2D eigenvalue weighted by Gasteiger charge is -2.22. The summed E-state index contributed by atoms with van der Waals surface area (Å²) in [5.41, 5.74) is 6.50. The molecule has 0 bridgehead atoms. The number of hydrogen-bond donors (Lipinski definition) is 3. The van der Waals surface area contributed by atoms with E-state index in [1.54, 1.807) is 12.1 Å². The van der Waals surface area contributed by atoms with Crippen molar-refractivity contribution in [3.8, 4) is 11.5 Å². The number of halogens is 1. The number of fused-ring (bicyclic) bond motifs is 1. The minimum absolute atomic E-state index is 0.0871. The molecule has 1 aliphatic carbocycles. The fourth-order valence-corrected chi connectivity index (χ4v) is 3.36. The molecule has 0 spiro atoms. The number of ether oxygens (including phenoxy) is 2. The summed E-state index contributed by atoms with van der Waals surface area (Å²) in [6.45, 7) is 1.00. The van der Waals surface area contributed by atoms with Gasteiger partial charge in [-0.1, -0.05) is 18.0 Å². The van der Waals surface area contributed by atoms with Crippen LogP contribution < -0.4 is 20.5 Å². The average Bonchev–Trinajstić information content (AvgIpc) is 2.98. The zero-order valence-electron chi connectivity index (χ0n) is 12.8. The Kier molecular flexibility index (Phi) is 4.94. The first-order valence-electron chi connectivity index (χ1n) is 7.86. The first-order chi connectivity index (χ1) is 11.1. The molecule has 1 aromatic carbocycles. The second kappa shape index (κ2) is 6.95. The van der Waals surface area contributed by atoms with E-state index in [4.69, 9.17) is 26.8 Å². The lowest BCUT2D eigenvalue weighted by atomic mass is 10.0. The van der Waals surface area contributed by atoms with Gasteiger partial charge >= 0.3 is 0 Å². The van der Waals surface area contributed by atoms with E-state index in [1.807, 2.05) is 0 Å². The molecule has 1 fully saturated rings. The van der Waals surface area contributed by atoms with E-state index in [2.05, 4.69) is 5.32 Å². The number of nitrogens with two attached hydrogens (primary N) is 1. The van der Waals surface area contributed by atoms with Crippen LogP contribution in [0, 0.1) is 5.92 Å². The molecule has 0 aromatic heterocycles. The van der Waals surface area contributed by atoms with Crippen molar-refractivity contribution in [3.63, 3.8) is 0 Å². The summed E-state index contributed by atoms with van der Waals surface area (Å²) in [5, 5.41) is 13.5. The van der Waals surface area contributed by atoms with Gasteiger partial charge in [-0.2, -0.15) is 0 Å². The van der Waals surface area contributed by atoms with Crippen molar-refractivity contribution in [3.05, 3.63) is 22.7 Å². The maximum absolute atomic E-state index is 12.1. The molecule has 0 radical (unpaired) electrons. The molecule has 7 heteroatoms. The third-order valence-corrected chi connectivity index (χ3v) is 4.66. The molecule has 126 valence electrons. The number of carbonyl (C=O) groups excluding carboxylic acids is 1. The number of nitrogens with one attached hydrogen (secondary N) is 1. The Morgan fingerprint density at radius 2 is 2.17 bits per heavy atom. The molecule has 6 nitrogen and oxygen atoms in total. The van der Waals surface area contributed by atoms with Gasteiger partial charge in [0, 0.05) is 12.6 Å². The average molecular weight is 341 g/mol. The van der Waals surface area contributed by atoms with Gasteiger partial charge in [0.05, 0.1) is 17.0 Å². The largest absolute Gasteiger partial charge is 0.486 e. The van der Waals surface area contributed by atoms with Gasteiger partial charge in [0.15, 0.2) is 11.5 Å². The van der Waals surface area contributed by atoms with Crippen molar-refractivity contribution in [1.82, 2.24) is 5.32 Å². The molecule has 1 aliphatic heterocycles. The summed E-state index contributed by atoms with van der Waals surface area (Å²) >= 11 is 6.16. The molecule has 23 heavy (non-hydrogen) atoms. The molecule has 1 heterocycles. The fourth-order valence-electron chi connectivity index (χ4n) is 3.08. The maximum atomic E-state index is 12.1. The highest BCUT2D eigenvalue weighted by molar-refractivity contribution is 6.32. The normalized spacial score (nSPS) is 24.3. The predicted molar refractivity (Wildman–Crippen MR) is 85.7 cm³/mol. The second-order valence-electron chi connectivity index (χ2n) is 5.99. The highest BCUT2D eigenvalue weighted by Crippen LogP contribution is 2.39. The Balaban J connectivity index is 1.63. The highest BCUT2D eigenvalue weighted by atomic mass is 35.5. The summed E-state index contributed by atoms with van der Waals surface area (Å²) in [4.78, 5) is 12.1. The van der Waals surface area contributed by atoms with Gasteiger partial charge < -0.3 is 25.6 Å². The maximum Gasteiger partial charge on any atom is 0.224 e. The van der Waals surface area contributed by atoms with Gasteiger partial charge in [-0.15, -0.1) is 0 Å². The number of aliphatic hydroxyl groups is 1. The molecule has 4 N–H and O–H groups in total. The van der Waals surface area contributed by atoms with E-state index in [9.17, 15) is 9.90 Å². The van der Waals surface area contributed by atoms with Crippen molar-refractivity contribution in [2.75, 3.05) is 19.8 Å². The van der Waals surface area contributed by atoms with Crippen molar-refractivity contribution in [2.24, 2.45) is 11.7 Å². The standard InChI is InChI=1S/C16H21ClN2O4/c17-11-6-9(7-14-15(11)23-5-4-22-14)13(20)8-19-16(21)10-2-1-3-12(10)18/h6-7,10,12-13,20H,1-5,8,18H2,(H,19,21)/t10-,12-,13-/m1/s1. The van der Waals surface area contributed by atoms with E-state index >= 15 is 0 Å². The SMILES string of the molecule is N[C@@H]1CCC[C@H]1C(=O)NC[C@@H](O)c1cc(Cl)c2c(c1)OCCO2. The molecule has 3 rings (SSSR count). The van der Waals surface area contributed by atoms with Crippen LogP contribution in [0.25, 0.3) is 0 Å². The van der Waals surface area contributed by atoms with Crippen LogP contribution in [0.3, 0.4) is 0 Å². The monoisotopic (exact) mass is 340 g/mol. The Labute approximate surface area is 139 Å². The quantitative estimate of drug-likeness (QED) is 0.770. The lowest BCUT2D eigenvalue weighted by Crippen LogP contribution is -2.40. The Morgan fingerprint density at radius 3 is 2.91 bits per heavy atom. The fraction of sp³-hybridized carbons (Fsp3) is 0.562. The van der Waals surface area contributed by atoms with Gasteiger partial charge in [0.2, 0.25) is 5.91 Å². The topological polar surface area (TPSA) is 93.8 Å². The van der Waals surface area contributed by atoms with Crippen LogP contribution in [0.1, 0.15) is 30.9 Å². The summed E-state index contributed by atoms with van der Waals surface area (Å²) in [6, 6.07) is 3.24. The van der Waals surface area contributed by atoms with Crippen LogP contribution in [0.4, 0.5) is 0 Å². The molecule has 0 unspecified atom stereocenters. The first kappa shape index (κ1) is 16.4. The Hall–Kier alpha value is -1.50. The number of rotatable bonds is 4. The smallest absolute Gasteiger partial charge is 0.224 e. The van der Waals surface area contributed by atoms with Crippen LogP contribution in [0.5, 0.6) is 11.5 Å². The second-order valence-corrected chi connectivity index (χ2v) is 6.40. The summed E-state index contributed by atoms with van der Waals surface area (Å²) in [7, 11) is 0. The van der Waals surface area contributed by atoms with Gasteiger partial charge in [0.1, 0.15) is 13.2 Å². The number of amides is 1. The number of aliphatic hydroxyl groups excluding tert-OH is 1. The van der Waals surface area contributed by atoms with E-state index in [-0.39, 0.29) is 24.4 Å². The van der Waals surface area contributed by atoms with Crippen LogP contribution >= 0.6 is 11.6 Å². The van der Waals surface area contributed by atoms with Crippen LogP contribution in [0.15, 0.2) is 12.1 Å². The number of carbonyl (C=O) groups is 1. The van der Waals surface area contributed by atoms with Gasteiger partial charge in [-0.05, 0) is 30.5 Å². The molecule has 2 aliphatic rings. The van der Waals surface area contributed by atoms with Crippen molar-refractivity contribution < 1.29 is 19.4 Å². The van der Waals surface area contributed by atoms with Gasteiger partial charge in [-0.3, -0.25) is 4.79 Å². The molecule has 1 aromatic rings. The van der Waals surface area contributed by atoms with Crippen molar-refractivity contribution >= 4 is 17.5 Å². The summed E-state index contributed by atoms with van der Waals surface area (Å²) in [5.74, 6) is 0.750. The highest BCUT2D eigenvalue weighted by Gasteiger charge is 2.30. The third-order valence-electron chi connectivity index (χ3n) is 4.38. The lowest BCUT2D eigenvalue weighted by molar-refractivity contribution is -0.125. The zero-order chi connectivity index (χ0) is 16.4. The zero-order valence-corrected chi connectivity index (χ0v) is 13.5. The minimum Gasteiger partial charge on any atom is -0.486 e.